The highest BCUT2D eigenvalue weighted by Gasteiger charge is 2.16. The average molecular weight is 458 g/mol. The minimum atomic E-state index is -3.77. The van der Waals surface area contributed by atoms with Gasteiger partial charge in [0.2, 0.25) is 10.0 Å². The van der Waals surface area contributed by atoms with E-state index < -0.39 is 26.0 Å². The van der Waals surface area contributed by atoms with Crippen LogP contribution >= 0.6 is 22.7 Å². The van der Waals surface area contributed by atoms with Crippen LogP contribution in [0.2, 0.25) is 0 Å². The van der Waals surface area contributed by atoms with Crippen LogP contribution in [-0.4, -0.2) is 22.7 Å². The van der Waals surface area contributed by atoms with Gasteiger partial charge in [0.1, 0.15) is 8.42 Å². The van der Waals surface area contributed by atoms with Crippen molar-refractivity contribution in [3.05, 3.63) is 64.4 Å². The van der Waals surface area contributed by atoms with Crippen LogP contribution in [0.4, 0.5) is 5.69 Å². The molecule has 2 heterocycles. The maximum Gasteiger partial charge on any atom is 0.271 e. The van der Waals surface area contributed by atoms with Gasteiger partial charge in [-0.2, -0.15) is 0 Å². The number of benzene rings is 1. The zero-order chi connectivity index (χ0) is 20.4. The highest BCUT2D eigenvalue weighted by molar-refractivity contribution is 7.94. The van der Waals surface area contributed by atoms with Crippen LogP contribution in [-0.2, 0) is 26.6 Å². The van der Waals surface area contributed by atoms with E-state index in [1.54, 1.807) is 35.7 Å². The van der Waals surface area contributed by atoms with Crippen LogP contribution in [0.1, 0.15) is 15.2 Å². The SMILES string of the molecule is NS(=O)(=O)c1ccc(CNC(=O)c2cccc(NS(=O)(=O)c3cccs3)c2)s1. The number of anilines is 1. The predicted octanol–water partition coefficient (Wildman–Crippen LogP) is 2.19. The lowest BCUT2D eigenvalue weighted by Crippen LogP contribution is -2.22. The first-order valence-corrected chi connectivity index (χ1v) is 12.4. The van der Waals surface area contributed by atoms with Gasteiger partial charge in [-0.25, -0.2) is 22.0 Å². The van der Waals surface area contributed by atoms with Crippen molar-refractivity contribution in [1.82, 2.24) is 5.32 Å². The molecule has 28 heavy (non-hydrogen) atoms. The fourth-order valence-electron chi connectivity index (χ4n) is 2.22. The highest BCUT2D eigenvalue weighted by atomic mass is 32.3. The van der Waals surface area contributed by atoms with E-state index in [0.29, 0.717) is 4.88 Å². The Morgan fingerprint density at radius 1 is 1.00 bits per heavy atom. The van der Waals surface area contributed by atoms with Crippen molar-refractivity contribution in [2.45, 2.75) is 15.0 Å². The summed E-state index contributed by atoms with van der Waals surface area (Å²) in [7, 11) is -7.48. The topological polar surface area (TPSA) is 135 Å². The molecule has 0 unspecified atom stereocenters. The summed E-state index contributed by atoms with van der Waals surface area (Å²) in [6.45, 7) is 0.115. The molecule has 0 fully saturated rings. The summed E-state index contributed by atoms with van der Waals surface area (Å²) >= 11 is 2.06. The van der Waals surface area contributed by atoms with Gasteiger partial charge in [0.15, 0.2) is 0 Å². The van der Waals surface area contributed by atoms with Crippen molar-refractivity contribution >= 4 is 54.3 Å². The van der Waals surface area contributed by atoms with Gasteiger partial charge < -0.3 is 5.32 Å². The molecule has 0 aliphatic rings. The molecule has 3 aromatic rings. The molecule has 8 nitrogen and oxygen atoms in total. The highest BCUT2D eigenvalue weighted by Crippen LogP contribution is 2.22. The Morgan fingerprint density at radius 2 is 1.79 bits per heavy atom. The molecule has 0 bridgehead atoms. The predicted molar refractivity (Wildman–Crippen MR) is 108 cm³/mol. The number of thiophene rings is 2. The minimum absolute atomic E-state index is 0.0155. The number of carbonyl (C=O) groups is 1. The lowest BCUT2D eigenvalue weighted by Gasteiger charge is -2.08. The number of nitrogens with two attached hydrogens (primary N) is 1. The molecule has 3 rings (SSSR count). The van der Waals surface area contributed by atoms with Gasteiger partial charge in [-0.05, 0) is 41.8 Å². The maximum atomic E-state index is 12.3. The molecule has 0 aliphatic heterocycles. The van der Waals surface area contributed by atoms with Gasteiger partial charge in [-0.3, -0.25) is 9.52 Å². The molecule has 2 aromatic heterocycles. The molecule has 148 valence electrons. The second kappa shape index (κ2) is 8.01. The summed E-state index contributed by atoms with van der Waals surface area (Å²) in [6.07, 6.45) is 0. The number of sulfonamides is 2. The summed E-state index contributed by atoms with van der Waals surface area (Å²) in [6, 6.07) is 12.1. The van der Waals surface area contributed by atoms with Gasteiger partial charge in [0.05, 0.1) is 6.54 Å². The smallest absolute Gasteiger partial charge is 0.271 e. The Morgan fingerprint density at radius 3 is 2.43 bits per heavy atom. The van der Waals surface area contributed by atoms with E-state index in [1.165, 1.54) is 18.2 Å². The van der Waals surface area contributed by atoms with E-state index >= 15 is 0 Å². The third-order valence-electron chi connectivity index (χ3n) is 3.48. The molecule has 0 atom stereocenters. The number of hydrogen-bond donors (Lipinski definition) is 3. The summed E-state index contributed by atoms with van der Waals surface area (Å²) in [5, 5.41) is 9.37. The Balaban J connectivity index is 1.68. The summed E-state index contributed by atoms with van der Waals surface area (Å²) in [4.78, 5) is 13.0. The van der Waals surface area contributed by atoms with Gasteiger partial charge >= 0.3 is 0 Å². The van der Waals surface area contributed by atoms with Gasteiger partial charge in [-0.1, -0.05) is 12.1 Å². The molecule has 0 saturated carbocycles. The number of hydrogen-bond acceptors (Lipinski definition) is 7. The third-order valence-corrected chi connectivity index (χ3v) is 8.78. The van der Waals surface area contributed by atoms with E-state index in [1.807, 2.05) is 0 Å². The van der Waals surface area contributed by atoms with Crippen LogP contribution in [0, 0.1) is 0 Å². The van der Waals surface area contributed by atoms with Crippen molar-refractivity contribution in [2.75, 3.05) is 4.72 Å². The van der Waals surface area contributed by atoms with E-state index in [-0.39, 0.29) is 26.2 Å². The van der Waals surface area contributed by atoms with E-state index in [9.17, 15) is 21.6 Å². The van der Waals surface area contributed by atoms with Crippen LogP contribution in [0.5, 0.6) is 0 Å². The van der Waals surface area contributed by atoms with Crippen molar-refractivity contribution in [3.8, 4) is 0 Å². The number of rotatable bonds is 7. The van der Waals surface area contributed by atoms with Crippen molar-refractivity contribution in [1.29, 1.82) is 0 Å². The van der Waals surface area contributed by atoms with Crippen LogP contribution in [0.25, 0.3) is 0 Å². The van der Waals surface area contributed by atoms with E-state index in [2.05, 4.69) is 10.0 Å². The fourth-order valence-corrected chi connectivity index (χ4v) is 5.98. The second-order valence-electron chi connectivity index (χ2n) is 5.57. The first-order chi connectivity index (χ1) is 13.1. The Hall–Kier alpha value is -2.25. The van der Waals surface area contributed by atoms with Crippen molar-refractivity contribution < 1.29 is 21.6 Å². The summed E-state index contributed by atoms with van der Waals surface area (Å²) < 4.78 is 49.8. The van der Waals surface area contributed by atoms with Gasteiger partial charge in [-0.15, -0.1) is 22.7 Å². The quantitative estimate of drug-likeness (QED) is 0.500. The normalized spacial score (nSPS) is 11.9. The lowest BCUT2D eigenvalue weighted by atomic mass is 10.2. The summed E-state index contributed by atoms with van der Waals surface area (Å²) in [5.41, 5.74) is 0.517. The van der Waals surface area contributed by atoms with Crippen molar-refractivity contribution in [2.24, 2.45) is 5.14 Å². The van der Waals surface area contributed by atoms with E-state index in [4.69, 9.17) is 5.14 Å². The Kier molecular flexibility index (Phi) is 5.86. The third kappa shape index (κ3) is 4.97. The summed E-state index contributed by atoms with van der Waals surface area (Å²) in [5.74, 6) is -0.428. The monoisotopic (exact) mass is 457 g/mol. The number of primary sulfonamides is 1. The molecule has 1 amide bonds. The number of nitrogens with one attached hydrogen (secondary N) is 2. The van der Waals surface area contributed by atoms with E-state index in [0.717, 1.165) is 22.7 Å². The van der Waals surface area contributed by atoms with Crippen LogP contribution in [0.15, 0.2) is 62.3 Å². The molecule has 0 radical (unpaired) electrons. The zero-order valence-electron chi connectivity index (χ0n) is 14.2. The largest absolute Gasteiger partial charge is 0.347 e. The molecule has 12 heteroatoms. The van der Waals surface area contributed by atoms with Gasteiger partial charge in [0, 0.05) is 16.1 Å². The molecular weight excluding hydrogens is 442 g/mol. The number of carbonyl (C=O) groups excluding carboxylic acids is 1. The lowest BCUT2D eigenvalue weighted by molar-refractivity contribution is 0.0951. The van der Waals surface area contributed by atoms with Crippen LogP contribution in [0.3, 0.4) is 0 Å². The fraction of sp³-hybridized carbons (Fsp3) is 0.0625. The Bertz CT molecular complexity index is 1200. The second-order valence-corrected chi connectivity index (χ2v) is 11.4. The Labute approximate surface area is 170 Å². The minimum Gasteiger partial charge on any atom is -0.347 e. The molecule has 0 spiro atoms. The average Bonchev–Trinajstić information content (AvgIpc) is 3.31. The molecular formula is C16H15N3O5S4. The first kappa shape index (κ1) is 20.5. The van der Waals surface area contributed by atoms with Gasteiger partial charge in [0.25, 0.3) is 15.9 Å². The maximum absolute atomic E-state index is 12.3. The molecule has 1 aromatic carbocycles. The zero-order valence-corrected chi connectivity index (χ0v) is 17.4. The van der Waals surface area contributed by atoms with Crippen LogP contribution < -0.4 is 15.2 Å². The van der Waals surface area contributed by atoms with Crippen molar-refractivity contribution in [3.63, 3.8) is 0 Å². The molecule has 4 N–H and O–H groups in total. The molecule has 0 aliphatic carbocycles. The standard InChI is InChI=1S/C16H15N3O5S4/c17-27(21,22)15-7-6-13(26-15)10-18-16(20)11-3-1-4-12(9-11)19-28(23,24)14-5-2-8-25-14/h1-9,19H,10H2,(H,18,20)(H2,17,21,22). The molecule has 0 saturated heterocycles. The first-order valence-electron chi connectivity index (χ1n) is 7.71. The number of amides is 1.